The Balaban J connectivity index is 2.49. The molecule has 0 spiro atoms. The van der Waals surface area contributed by atoms with Crippen molar-refractivity contribution >= 4 is 22.6 Å². The summed E-state index contributed by atoms with van der Waals surface area (Å²) in [7, 11) is 1.74. The summed E-state index contributed by atoms with van der Waals surface area (Å²) >= 11 is 6.19. The van der Waals surface area contributed by atoms with Crippen molar-refractivity contribution in [1.29, 1.82) is 0 Å². The third kappa shape index (κ3) is 2.71. The largest absolute Gasteiger partial charge is 0.458 e. The van der Waals surface area contributed by atoms with E-state index in [1.165, 1.54) is 0 Å². The van der Waals surface area contributed by atoms with Crippen LogP contribution in [0.3, 0.4) is 0 Å². The third-order valence-corrected chi connectivity index (χ3v) is 4.28. The van der Waals surface area contributed by atoms with E-state index >= 15 is 0 Å². The second-order valence-electron chi connectivity index (χ2n) is 5.17. The minimum atomic E-state index is -0.323. The quantitative estimate of drug-likeness (QED) is 0.849. The van der Waals surface area contributed by atoms with E-state index in [4.69, 9.17) is 20.8 Å². The lowest BCUT2D eigenvalue weighted by atomic mass is 9.91. The van der Waals surface area contributed by atoms with Crippen molar-refractivity contribution in [2.45, 2.75) is 38.8 Å². The summed E-state index contributed by atoms with van der Waals surface area (Å²) in [5.74, 6) is 0.862. The van der Waals surface area contributed by atoms with Crippen molar-refractivity contribution in [2.24, 2.45) is 0 Å². The summed E-state index contributed by atoms with van der Waals surface area (Å²) in [6.07, 6.45) is 0.881. The first-order valence-corrected chi connectivity index (χ1v) is 7.40. The fraction of sp³-hybridized carbons (Fsp3) is 0.500. The Morgan fingerprint density at radius 2 is 2.15 bits per heavy atom. The summed E-state index contributed by atoms with van der Waals surface area (Å²) in [4.78, 5) is 0. The van der Waals surface area contributed by atoms with Crippen LogP contribution in [0, 0.1) is 0 Å². The molecule has 0 saturated carbocycles. The van der Waals surface area contributed by atoms with Crippen LogP contribution in [0.5, 0.6) is 0 Å². The van der Waals surface area contributed by atoms with Crippen molar-refractivity contribution in [2.75, 3.05) is 13.7 Å². The lowest BCUT2D eigenvalue weighted by molar-refractivity contribution is -0.0346. The number of ether oxygens (including phenoxy) is 1. The van der Waals surface area contributed by atoms with Gasteiger partial charge >= 0.3 is 0 Å². The van der Waals surface area contributed by atoms with Crippen LogP contribution >= 0.6 is 11.6 Å². The maximum absolute atomic E-state index is 6.19. The molecule has 20 heavy (non-hydrogen) atoms. The maximum atomic E-state index is 6.19. The first-order valence-electron chi connectivity index (χ1n) is 7.02. The highest BCUT2D eigenvalue weighted by atomic mass is 35.5. The highest BCUT2D eigenvalue weighted by Crippen LogP contribution is 2.36. The van der Waals surface area contributed by atoms with Crippen LogP contribution in [0.4, 0.5) is 0 Å². The van der Waals surface area contributed by atoms with E-state index in [2.05, 4.69) is 26.1 Å². The molecule has 0 bridgehead atoms. The normalized spacial score (nSPS) is 16.2. The number of nitrogens with one attached hydrogen (secondary N) is 1. The van der Waals surface area contributed by atoms with E-state index in [0.717, 1.165) is 29.7 Å². The van der Waals surface area contributed by atoms with E-state index in [1.807, 2.05) is 24.3 Å². The third-order valence-electron chi connectivity index (χ3n) is 3.99. The molecule has 0 saturated heterocycles. The molecule has 110 valence electrons. The average molecular weight is 296 g/mol. The molecule has 0 aliphatic heterocycles. The van der Waals surface area contributed by atoms with Gasteiger partial charge in [0, 0.05) is 12.5 Å². The zero-order valence-corrected chi connectivity index (χ0v) is 13.3. The number of benzene rings is 1. The molecule has 2 unspecified atom stereocenters. The lowest BCUT2D eigenvalue weighted by Gasteiger charge is -2.35. The predicted molar refractivity (Wildman–Crippen MR) is 83.3 cm³/mol. The van der Waals surface area contributed by atoms with Gasteiger partial charge in [0.25, 0.3) is 0 Å². The smallest absolute Gasteiger partial charge is 0.152 e. The Kier molecular flexibility index (Phi) is 4.74. The fourth-order valence-electron chi connectivity index (χ4n) is 2.48. The number of furan rings is 1. The van der Waals surface area contributed by atoms with Gasteiger partial charge in [-0.2, -0.15) is 0 Å². The monoisotopic (exact) mass is 295 g/mol. The van der Waals surface area contributed by atoms with Crippen LogP contribution in [0.25, 0.3) is 11.0 Å². The maximum Gasteiger partial charge on any atom is 0.152 e. The summed E-state index contributed by atoms with van der Waals surface area (Å²) in [6.45, 7) is 7.13. The molecule has 0 aliphatic rings. The van der Waals surface area contributed by atoms with Crippen molar-refractivity contribution in [3.05, 3.63) is 35.0 Å². The van der Waals surface area contributed by atoms with Gasteiger partial charge in [0.2, 0.25) is 0 Å². The molecule has 0 amide bonds. The predicted octanol–water partition coefficient (Wildman–Crippen LogP) is 4.55. The van der Waals surface area contributed by atoms with Gasteiger partial charge in [-0.15, -0.1) is 0 Å². The number of likely N-dealkylation sites (N-methyl/N-ethyl adjacent to an activating group) is 1. The van der Waals surface area contributed by atoms with Crippen molar-refractivity contribution < 1.29 is 9.15 Å². The number of methoxy groups -OCH3 is 1. The summed E-state index contributed by atoms with van der Waals surface area (Å²) in [6, 6.07) is 7.82. The molecule has 3 nitrogen and oxygen atoms in total. The zero-order valence-electron chi connectivity index (χ0n) is 12.5. The molecule has 2 rings (SSSR count). The molecule has 1 N–H and O–H groups in total. The van der Waals surface area contributed by atoms with Crippen molar-refractivity contribution in [3.8, 4) is 0 Å². The molecule has 0 aliphatic carbocycles. The fourth-order valence-corrected chi connectivity index (χ4v) is 2.70. The van der Waals surface area contributed by atoms with Gasteiger partial charge in [0.05, 0.1) is 16.7 Å². The zero-order chi connectivity index (χ0) is 14.8. The van der Waals surface area contributed by atoms with Gasteiger partial charge in [-0.05, 0) is 32.0 Å². The summed E-state index contributed by atoms with van der Waals surface area (Å²) in [5.41, 5.74) is 0.415. The molecule has 1 heterocycles. The standard InChI is InChI=1S/C16H22ClNO2/c1-5-16(3,19-4)15(18-6-2)13-10-11-8-7-9-12(17)14(11)20-13/h7-10,15,18H,5-6H2,1-4H3. The van der Waals surface area contributed by atoms with Crippen molar-refractivity contribution in [3.63, 3.8) is 0 Å². The molecule has 1 aromatic heterocycles. The number of halogens is 1. The SMILES string of the molecule is CCNC(c1cc2cccc(Cl)c2o1)C(C)(CC)OC. The Hall–Kier alpha value is -1.03. The van der Waals surface area contributed by atoms with Gasteiger partial charge in [-0.3, -0.25) is 0 Å². The Bertz CT molecular complexity index is 575. The molecule has 2 aromatic rings. The lowest BCUT2D eigenvalue weighted by Crippen LogP contribution is -2.42. The molecule has 2 atom stereocenters. The van der Waals surface area contributed by atoms with Crippen LogP contribution in [-0.2, 0) is 4.74 Å². The summed E-state index contributed by atoms with van der Waals surface area (Å²) < 4.78 is 11.7. The molecule has 0 radical (unpaired) electrons. The Morgan fingerprint density at radius 3 is 2.70 bits per heavy atom. The molecular formula is C16H22ClNO2. The Labute approximate surface area is 125 Å². The molecule has 4 heteroatoms. The number of rotatable bonds is 6. The highest BCUT2D eigenvalue weighted by Gasteiger charge is 2.35. The van der Waals surface area contributed by atoms with E-state index in [-0.39, 0.29) is 11.6 Å². The van der Waals surface area contributed by atoms with Crippen LogP contribution < -0.4 is 5.32 Å². The van der Waals surface area contributed by atoms with E-state index in [0.29, 0.717) is 5.02 Å². The molecule has 1 aromatic carbocycles. The minimum Gasteiger partial charge on any atom is -0.458 e. The first-order chi connectivity index (χ1) is 9.55. The van der Waals surface area contributed by atoms with Crippen LogP contribution in [-0.4, -0.2) is 19.3 Å². The number of hydrogen-bond donors (Lipinski definition) is 1. The van der Waals surface area contributed by atoms with Gasteiger partial charge in [-0.1, -0.05) is 37.6 Å². The van der Waals surface area contributed by atoms with Gasteiger partial charge < -0.3 is 14.5 Å². The van der Waals surface area contributed by atoms with E-state index in [1.54, 1.807) is 7.11 Å². The van der Waals surface area contributed by atoms with E-state index < -0.39 is 0 Å². The number of fused-ring (bicyclic) bond motifs is 1. The molecular weight excluding hydrogens is 274 g/mol. The first kappa shape index (κ1) is 15.4. The molecule has 0 fully saturated rings. The van der Waals surface area contributed by atoms with Crippen molar-refractivity contribution in [1.82, 2.24) is 5.32 Å². The average Bonchev–Trinajstić information content (AvgIpc) is 2.89. The second kappa shape index (κ2) is 6.17. The summed E-state index contributed by atoms with van der Waals surface area (Å²) in [5, 5.41) is 5.12. The Morgan fingerprint density at radius 1 is 1.40 bits per heavy atom. The van der Waals surface area contributed by atoms with Crippen LogP contribution in [0.2, 0.25) is 5.02 Å². The highest BCUT2D eigenvalue weighted by molar-refractivity contribution is 6.34. The second-order valence-corrected chi connectivity index (χ2v) is 5.58. The van der Waals surface area contributed by atoms with Gasteiger partial charge in [0.15, 0.2) is 5.58 Å². The van der Waals surface area contributed by atoms with Gasteiger partial charge in [0.1, 0.15) is 5.76 Å². The van der Waals surface area contributed by atoms with Crippen LogP contribution in [0.1, 0.15) is 39.0 Å². The topological polar surface area (TPSA) is 34.4 Å². The number of para-hydroxylation sites is 1. The number of hydrogen-bond acceptors (Lipinski definition) is 3. The minimum absolute atomic E-state index is 0.00836. The van der Waals surface area contributed by atoms with E-state index in [9.17, 15) is 0 Å². The van der Waals surface area contributed by atoms with Gasteiger partial charge in [-0.25, -0.2) is 0 Å². The van der Waals surface area contributed by atoms with Crippen LogP contribution in [0.15, 0.2) is 28.7 Å².